The Labute approximate surface area is 124 Å². The van der Waals surface area contributed by atoms with Crippen LogP contribution in [0.2, 0.25) is 0 Å². The molecule has 0 saturated heterocycles. The van der Waals surface area contributed by atoms with Crippen molar-refractivity contribution in [2.45, 2.75) is 32.4 Å². The normalized spacial score (nSPS) is 13.8. The number of carbonyl (C=O) groups is 1. The number of benzene rings is 1. The molecule has 0 spiro atoms. The van der Waals surface area contributed by atoms with Crippen molar-refractivity contribution < 1.29 is 19.0 Å². The van der Waals surface area contributed by atoms with Crippen molar-refractivity contribution >= 4 is 5.91 Å². The molecule has 1 aromatic rings. The Morgan fingerprint density at radius 3 is 2.57 bits per heavy atom. The Balaban J connectivity index is 2.26. The van der Waals surface area contributed by atoms with Crippen molar-refractivity contribution in [3.05, 3.63) is 30.1 Å². The summed E-state index contributed by atoms with van der Waals surface area (Å²) in [6.07, 6.45) is -0.265. The molecule has 1 aromatic carbocycles. The molecule has 0 saturated carbocycles. The lowest BCUT2D eigenvalue weighted by molar-refractivity contribution is -0.123. The predicted molar refractivity (Wildman–Crippen MR) is 78.3 cm³/mol. The summed E-state index contributed by atoms with van der Waals surface area (Å²) in [5.41, 5.74) is 5.72. The van der Waals surface area contributed by atoms with Crippen LogP contribution in [0.1, 0.15) is 20.3 Å². The number of aliphatic hydroxyl groups is 1. The molecule has 0 bridgehead atoms. The van der Waals surface area contributed by atoms with E-state index in [1.54, 1.807) is 0 Å². The highest BCUT2D eigenvalue weighted by atomic mass is 19.1. The number of nitrogens with two attached hydrogens (primary N) is 1. The van der Waals surface area contributed by atoms with Crippen molar-refractivity contribution in [2.24, 2.45) is 11.7 Å². The zero-order valence-electron chi connectivity index (χ0n) is 12.4. The van der Waals surface area contributed by atoms with E-state index < -0.39 is 12.1 Å². The van der Waals surface area contributed by atoms with Crippen molar-refractivity contribution in [2.75, 3.05) is 13.2 Å². The summed E-state index contributed by atoms with van der Waals surface area (Å²) in [5, 5.41) is 12.3. The van der Waals surface area contributed by atoms with Crippen molar-refractivity contribution in [3.63, 3.8) is 0 Å². The third kappa shape index (κ3) is 7.06. The van der Waals surface area contributed by atoms with Crippen molar-refractivity contribution in [1.29, 1.82) is 0 Å². The van der Waals surface area contributed by atoms with Crippen LogP contribution in [-0.2, 0) is 4.79 Å². The maximum Gasteiger partial charge on any atom is 0.237 e. The lowest BCUT2D eigenvalue weighted by Gasteiger charge is -2.17. The molecular weight excluding hydrogens is 275 g/mol. The smallest absolute Gasteiger partial charge is 0.237 e. The zero-order valence-corrected chi connectivity index (χ0v) is 12.4. The number of halogens is 1. The lowest BCUT2D eigenvalue weighted by Crippen LogP contribution is -2.45. The maximum atomic E-state index is 12.7. The molecule has 0 fully saturated rings. The van der Waals surface area contributed by atoms with E-state index in [2.05, 4.69) is 5.32 Å². The average molecular weight is 298 g/mol. The van der Waals surface area contributed by atoms with Gasteiger partial charge in [-0.25, -0.2) is 4.39 Å². The van der Waals surface area contributed by atoms with Crippen LogP contribution in [-0.4, -0.2) is 36.3 Å². The number of hydrogen-bond acceptors (Lipinski definition) is 4. The van der Waals surface area contributed by atoms with Crippen LogP contribution in [0.3, 0.4) is 0 Å². The van der Waals surface area contributed by atoms with E-state index in [1.807, 2.05) is 13.8 Å². The Kier molecular flexibility index (Phi) is 7.11. The lowest BCUT2D eigenvalue weighted by atomic mass is 10.0. The molecule has 118 valence electrons. The Bertz CT molecular complexity index is 437. The number of nitrogens with one attached hydrogen (secondary N) is 1. The van der Waals surface area contributed by atoms with Crippen LogP contribution in [0.5, 0.6) is 5.75 Å². The summed E-state index contributed by atoms with van der Waals surface area (Å²) in [6.45, 7) is 4.04. The predicted octanol–water partition coefficient (Wildman–Crippen LogP) is 1.06. The van der Waals surface area contributed by atoms with Gasteiger partial charge < -0.3 is 20.9 Å². The number of ether oxygens (including phenoxy) is 1. The molecule has 0 aliphatic rings. The van der Waals surface area contributed by atoms with E-state index in [-0.39, 0.29) is 24.9 Å². The van der Waals surface area contributed by atoms with E-state index in [1.165, 1.54) is 24.3 Å². The largest absolute Gasteiger partial charge is 0.491 e. The molecule has 4 N–H and O–H groups in total. The summed E-state index contributed by atoms with van der Waals surface area (Å²) in [7, 11) is 0. The highest BCUT2D eigenvalue weighted by Gasteiger charge is 2.16. The molecular formula is C15H23FN2O3. The van der Waals surface area contributed by atoms with Gasteiger partial charge in [0.25, 0.3) is 0 Å². The van der Waals surface area contributed by atoms with Gasteiger partial charge in [0.1, 0.15) is 24.3 Å². The van der Waals surface area contributed by atoms with E-state index in [0.717, 1.165) is 0 Å². The first-order valence-corrected chi connectivity index (χ1v) is 6.98. The third-order valence-electron chi connectivity index (χ3n) is 2.83. The highest BCUT2D eigenvalue weighted by molar-refractivity contribution is 5.81. The van der Waals surface area contributed by atoms with Crippen LogP contribution >= 0.6 is 0 Å². The molecule has 1 unspecified atom stereocenters. The fourth-order valence-electron chi connectivity index (χ4n) is 1.75. The van der Waals surface area contributed by atoms with E-state index >= 15 is 0 Å². The second-order valence-electron chi connectivity index (χ2n) is 5.40. The molecule has 1 rings (SSSR count). The van der Waals surface area contributed by atoms with Crippen LogP contribution in [0.25, 0.3) is 0 Å². The molecule has 1 amide bonds. The maximum absolute atomic E-state index is 12.7. The Morgan fingerprint density at radius 1 is 1.38 bits per heavy atom. The topological polar surface area (TPSA) is 84.6 Å². The van der Waals surface area contributed by atoms with E-state index in [0.29, 0.717) is 18.1 Å². The molecule has 0 radical (unpaired) electrons. The first kappa shape index (κ1) is 17.4. The van der Waals surface area contributed by atoms with E-state index in [4.69, 9.17) is 10.5 Å². The van der Waals surface area contributed by atoms with Gasteiger partial charge in [-0.2, -0.15) is 0 Å². The van der Waals surface area contributed by atoms with Crippen LogP contribution in [0, 0.1) is 11.7 Å². The van der Waals surface area contributed by atoms with E-state index in [9.17, 15) is 14.3 Å². The Morgan fingerprint density at radius 2 is 2.00 bits per heavy atom. The van der Waals surface area contributed by atoms with Gasteiger partial charge in [-0.3, -0.25) is 4.79 Å². The Hall–Kier alpha value is -1.66. The SMILES string of the molecule is CC(C)C[C@H](N)C(=O)NCC(O)COc1ccc(F)cc1. The second-order valence-corrected chi connectivity index (χ2v) is 5.40. The summed E-state index contributed by atoms with van der Waals surface area (Å²) in [6, 6.07) is 4.91. The van der Waals surface area contributed by atoms with Crippen molar-refractivity contribution in [1.82, 2.24) is 5.32 Å². The fraction of sp³-hybridized carbons (Fsp3) is 0.533. The first-order valence-electron chi connectivity index (χ1n) is 6.98. The van der Waals surface area contributed by atoms with Gasteiger partial charge >= 0.3 is 0 Å². The second kappa shape index (κ2) is 8.59. The molecule has 0 aliphatic carbocycles. The van der Waals surface area contributed by atoms with Gasteiger partial charge in [-0.1, -0.05) is 13.8 Å². The number of hydrogen-bond donors (Lipinski definition) is 3. The van der Waals surface area contributed by atoms with Gasteiger partial charge in [-0.15, -0.1) is 0 Å². The first-order chi connectivity index (χ1) is 9.88. The van der Waals surface area contributed by atoms with Gasteiger partial charge in [0.05, 0.1) is 6.04 Å². The van der Waals surface area contributed by atoms with Crippen LogP contribution < -0.4 is 15.8 Å². The molecule has 6 heteroatoms. The van der Waals surface area contributed by atoms with Gasteiger partial charge in [0.2, 0.25) is 5.91 Å². The van der Waals surface area contributed by atoms with Crippen molar-refractivity contribution in [3.8, 4) is 5.75 Å². The number of amides is 1. The highest BCUT2D eigenvalue weighted by Crippen LogP contribution is 2.11. The van der Waals surface area contributed by atoms with Gasteiger partial charge in [0, 0.05) is 6.54 Å². The molecule has 0 heterocycles. The molecule has 2 atom stereocenters. The molecule has 21 heavy (non-hydrogen) atoms. The third-order valence-corrected chi connectivity index (χ3v) is 2.83. The summed E-state index contributed by atoms with van der Waals surface area (Å²) in [4.78, 5) is 11.7. The molecule has 0 aliphatic heterocycles. The number of aliphatic hydroxyl groups excluding tert-OH is 1. The fourth-order valence-corrected chi connectivity index (χ4v) is 1.75. The number of rotatable bonds is 8. The summed E-state index contributed by atoms with van der Waals surface area (Å²) in [5.74, 6) is 0.148. The quantitative estimate of drug-likeness (QED) is 0.670. The standard InChI is InChI=1S/C15H23FN2O3/c1-10(2)7-14(17)15(20)18-8-12(19)9-21-13-5-3-11(16)4-6-13/h3-6,10,12,14,19H,7-9,17H2,1-2H3,(H,18,20)/t12?,14-/m0/s1. The number of carbonyl (C=O) groups excluding carboxylic acids is 1. The van der Waals surface area contributed by atoms with Gasteiger partial charge in [-0.05, 0) is 36.6 Å². The minimum absolute atomic E-state index is 0.00529. The summed E-state index contributed by atoms with van der Waals surface area (Å²) >= 11 is 0. The molecule has 0 aromatic heterocycles. The van der Waals surface area contributed by atoms with Crippen LogP contribution in [0.4, 0.5) is 4.39 Å². The minimum atomic E-state index is -0.856. The minimum Gasteiger partial charge on any atom is -0.491 e. The van der Waals surface area contributed by atoms with Crippen LogP contribution in [0.15, 0.2) is 24.3 Å². The zero-order chi connectivity index (χ0) is 15.8. The van der Waals surface area contributed by atoms with Gasteiger partial charge in [0.15, 0.2) is 0 Å². The average Bonchev–Trinajstić information content (AvgIpc) is 2.43. The summed E-state index contributed by atoms with van der Waals surface area (Å²) < 4.78 is 18.0. The monoisotopic (exact) mass is 298 g/mol. The molecule has 5 nitrogen and oxygen atoms in total.